The number of likely N-dealkylation sites (N-methyl/N-ethyl adjacent to an activating group) is 1. The highest BCUT2D eigenvalue weighted by atomic mass is 79.9. The SMILES string of the molecule is CNC(Cc1cc(F)ccc1Br)c1cc(F)ccc1Br. The molecule has 1 atom stereocenters. The maximum atomic E-state index is 13.4. The van der Waals surface area contributed by atoms with Crippen LogP contribution >= 0.6 is 31.9 Å². The second kappa shape index (κ2) is 6.78. The maximum absolute atomic E-state index is 13.4. The van der Waals surface area contributed by atoms with Gasteiger partial charge in [0.2, 0.25) is 0 Å². The monoisotopic (exact) mass is 403 g/mol. The van der Waals surface area contributed by atoms with E-state index in [4.69, 9.17) is 0 Å². The summed E-state index contributed by atoms with van der Waals surface area (Å²) in [4.78, 5) is 0. The Balaban J connectivity index is 2.33. The van der Waals surface area contributed by atoms with Crippen molar-refractivity contribution in [2.24, 2.45) is 0 Å². The van der Waals surface area contributed by atoms with Crippen LogP contribution in [-0.2, 0) is 6.42 Å². The number of rotatable bonds is 4. The first kappa shape index (κ1) is 15.6. The second-order valence-electron chi connectivity index (χ2n) is 4.45. The highest BCUT2D eigenvalue weighted by Crippen LogP contribution is 2.29. The molecule has 0 aliphatic rings. The molecule has 0 bridgehead atoms. The summed E-state index contributed by atoms with van der Waals surface area (Å²) in [5.41, 5.74) is 1.64. The van der Waals surface area contributed by atoms with Crippen LogP contribution in [0.15, 0.2) is 45.3 Å². The number of benzene rings is 2. The largest absolute Gasteiger partial charge is 0.313 e. The lowest BCUT2D eigenvalue weighted by Crippen LogP contribution is -2.19. The highest BCUT2D eigenvalue weighted by Gasteiger charge is 2.16. The minimum absolute atomic E-state index is 0.113. The number of nitrogens with one attached hydrogen (secondary N) is 1. The fraction of sp³-hybridized carbons (Fsp3) is 0.200. The van der Waals surface area contributed by atoms with Crippen LogP contribution in [-0.4, -0.2) is 7.05 Å². The molecule has 0 amide bonds. The molecule has 0 aliphatic carbocycles. The molecule has 1 nitrogen and oxygen atoms in total. The molecule has 0 aliphatic heterocycles. The van der Waals surface area contributed by atoms with E-state index in [0.717, 1.165) is 20.1 Å². The zero-order chi connectivity index (χ0) is 14.7. The van der Waals surface area contributed by atoms with Crippen LogP contribution in [0.3, 0.4) is 0 Å². The summed E-state index contributed by atoms with van der Waals surface area (Å²) >= 11 is 6.84. The summed E-state index contributed by atoms with van der Waals surface area (Å²) in [5.74, 6) is -0.571. The smallest absolute Gasteiger partial charge is 0.123 e. The van der Waals surface area contributed by atoms with Gasteiger partial charge in [0.15, 0.2) is 0 Å². The first-order valence-electron chi connectivity index (χ1n) is 6.07. The van der Waals surface area contributed by atoms with Gasteiger partial charge in [0.25, 0.3) is 0 Å². The van der Waals surface area contributed by atoms with Crippen LogP contribution < -0.4 is 5.32 Å². The first-order valence-corrected chi connectivity index (χ1v) is 7.66. The lowest BCUT2D eigenvalue weighted by Gasteiger charge is -2.19. The molecule has 0 heterocycles. The Morgan fingerprint density at radius 1 is 1.00 bits per heavy atom. The van der Waals surface area contributed by atoms with Crippen LogP contribution in [0, 0.1) is 11.6 Å². The van der Waals surface area contributed by atoms with Gasteiger partial charge in [-0.25, -0.2) is 8.78 Å². The third-order valence-corrected chi connectivity index (χ3v) is 4.61. The quantitative estimate of drug-likeness (QED) is 0.756. The molecule has 0 aromatic heterocycles. The summed E-state index contributed by atoms with van der Waals surface area (Å²) < 4.78 is 28.4. The second-order valence-corrected chi connectivity index (χ2v) is 6.16. The van der Waals surface area contributed by atoms with Gasteiger partial charge in [-0.3, -0.25) is 0 Å². The van der Waals surface area contributed by atoms with Gasteiger partial charge in [0, 0.05) is 15.0 Å². The third-order valence-electron chi connectivity index (χ3n) is 3.11. The van der Waals surface area contributed by atoms with Crippen LogP contribution in [0.4, 0.5) is 8.78 Å². The van der Waals surface area contributed by atoms with Crippen molar-refractivity contribution in [3.05, 3.63) is 68.1 Å². The summed E-state index contributed by atoms with van der Waals surface area (Å²) in [5, 5.41) is 3.14. The molecule has 1 unspecified atom stereocenters. The summed E-state index contributed by atoms with van der Waals surface area (Å²) in [6.45, 7) is 0. The number of hydrogen-bond donors (Lipinski definition) is 1. The number of halogens is 4. The van der Waals surface area contributed by atoms with Gasteiger partial charge in [-0.2, -0.15) is 0 Å². The molecule has 0 fully saturated rings. The van der Waals surface area contributed by atoms with E-state index >= 15 is 0 Å². The van der Waals surface area contributed by atoms with Crippen molar-refractivity contribution in [3.63, 3.8) is 0 Å². The first-order chi connectivity index (χ1) is 9.51. The van der Waals surface area contributed by atoms with Gasteiger partial charge < -0.3 is 5.32 Å². The van der Waals surface area contributed by atoms with Crippen molar-refractivity contribution in [3.8, 4) is 0 Å². The normalized spacial score (nSPS) is 12.4. The van der Waals surface area contributed by atoms with Crippen LogP contribution in [0.1, 0.15) is 17.2 Å². The molecule has 2 aromatic carbocycles. The Kier molecular flexibility index (Phi) is 5.29. The fourth-order valence-electron chi connectivity index (χ4n) is 2.07. The molecule has 0 radical (unpaired) electrons. The topological polar surface area (TPSA) is 12.0 Å². The van der Waals surface area contributed by atoms with E-state index in [1.165, 1.54) is 24.3 Å². The Hall–Kier alpha value is -0.780. The lowest BCUT2D eigenvalue weighted by molar-refractivity contribution is 0.569. The Morgan fingerprint density at radius 3 is 2.25 bits per heavy atom. The van der Waals surface area contributed by atoms with Crippen LogP contribution in [0.25, 0.3) is 0 Å². The molecule has 0 saturated carbocycles. The third kappa shape index (κ3) is 3.65. The molecule has 5 heteroatoms. The van der Waals surface area contributed by atoms with Gasteiger partial charge >= 0.3 is 0 Å². The number of hydrogen-bond acceptors (Lipinski definition) is 1. The van der Waals surface area contributed by atoms with Gasteiger partial charge in [-0.1, -0.05) is 31.9 Å². The van der Waals surface area contributed by atoms with Gasteiger partial charge in [0.05, 0.1) is 0 Å². The van der Waals surface area contributed by atoms with Crippen molar-refractivity contribution in [1.29, 1.82) is 0 Å². The molecular weight excluding hydrogens is 392 g/mol. The predicted molar refractivity (Wildman–Crippen MR) is 83.7 cm³/mol. The zero-order valence-corrected chi connectivity index (χ0v) is 13.9. The molecule has 0 saturated heterocycles. The van der Waals surface area contributed by atoms with E-state index < -0.39 is 0 Å². The summed E-state index contributed by atoms with van der Waals surface area (Å²) in [6.07, 6.45) is 0.552. The Morgan fingerprint density at radius 2 is 1.60 bits per heavy atom. The van der Waals surface area contributed by atoms with Gasteiger partial charge in [-0.05, 0) is 61.0 Å². The van der Waals surface area contributed by atoms with E-state index in [0.29, 0.717) is 6.42 Å². The predicted octanol–water partition coefficient (Wildman–Crippen LogP) is 4.99. The van der Waals surface area contributed by atoms with Crippen molar-refractivity contribution < 1.29 is 8.78 Å². The molecule has 2 aromatic rings. The summed E-state index contributed by atoms with van der Waals surface area (Å²) in [6, 6.07) is 9.02. The fourth-order valence-corrected chi connectivity index (χ4v) is 3.00. The minimum Gasteiger partial charge on any atom is -0.313 e. The van der Waals surface area contributed by atoms with E-state index in [2.05, 4.69) is 37.2 Å². The lowest BCUT2D eigenvalue weighted by atomic mass is 9.99. The van der Waals surface area contributed by atoms with E-state index in [9.17, 15) is 8.78 Å². The van der Waals surface area contributed by atoms with E-state index in [1.807, 2.05) is 0 Å². The van der Waals surface area contributed by atoms with Crippen LogP contribution in [0.2, 0.25) is 0 Å². The molecular formula is C15H13Br2F2N. The average Bonchev–Trinajstić information content (AvgIpc) is 2.42. The van der Waals surface area contributed by atoms with E-state index in [1.54, 1.807) is 19.2 Å². The Bertz CT molecular complexity index is 617. The summed E-state index contributed by atoms with van der Waals surface area (Å²) in [7, 11) is 1.80. The Labute approximate surface area is 133 Å². The zero-order valence-electron chi connectivity index (χ0n) is 10.8. The average molecular weight is 405 g/mol. The molecule has 20 heavy (non-hydrogen) atoms. The van der Waals surface area contributed by atoms with Crippen molar-refractivity contribution in [2.45, 2.75) is 12.5 Å². The van der Waals surface area contributed by atoms with Gasteiger partial charge in [-0.15, -0.1) is 0 Å². The minimum atomic E-state index is -0.290. The van der Waals surface area contributed by atoms with Gasteiger partial charge in [0.1, 0.15) is 11.6 Å². The maximum Gasteiger partial charge on any atom is 0.123 e. The van der Waals surface area contributed by atoms with Crippen molar-refractivity contribution in [1.82, 2.24) is 5.32 Å². The molecule has 2 rings (SSSR count). The molecule has 0 spiro atoms. The highest BCUT2D eigenvalue weighted by molar-refractivity contribution is 9.10. The molecule has 1 N–H and O–H groups in total. The van der Waals surface area contributed by atoms with Crippen molar-refractivity contribution >= 4 is 31.9 Å². The van der Waals surface area contributed by atoms with Crippen LogP contribution in [0.5, 0.6) is 0 Å². The molecule has 106 valence electrons. The standard InChI is InChI=1S/C15H13Br2F2N/c1-20-15(12-8-11(19)3-5-14(12)17)7-9-6-10(18)2-4-13(9)16/h2-6,8,15,20H,7H2,1H3. The van der Waals surface area contributed by atoms with Crippen molar-refractivity contribution in [2.75, 3.05) is 7.05 Å². The van der Waals surface area contributed by atoms with E-state index in [-0.39, 0.29) is 17.7 Å².